The van der Waals surface area contributed by atoms with Crippen molar-refractivity contribution in [1.29, 1.82) is 0 Å². The number of fused-ring (bicyclic) bond motifs is 8. The molecule has 0 amide bonds. The zero-order chi connectivity index (χ0) is 32.3. The first-order valence-electron chi connectivity index (χ1n) is 16.0. The van der Waals surface area contributed by atoms with Gasteiger partial charge in [0.15, 0.2) is 11.5 Å². The van der Waals surface area contributed by atoms with Gasteiger partial charge in [0.1, 0.15) is 36.4 Å². The number of carbonyl (C=O) groups excluding carboxylic acids is 1. The number of carbonyl (C=O) groups is 1. The topological polar surface area (TPSA) is 119 Å². The number of alkyl halides is 2. The summed E-state index contributed by atoms with van der Waals surface area (Å²) in [6, 6.07) is 1.56. The molecule has 1 N–H and O–H groups in total. The van der Waals surface area contributed by atoms with Crippen LogP contribution in [0.3, 0.4) is 0 Å². The number of pyridine rings is 1. The third kappa shape index (κ3) is 5.38. The third-order valence-corrected chi connectivity index (χ3v) is 10.3. The van der Waals surface area contributed by atoms with Crippen molar-refractivity contribution in [3.05, 3.63) is 34.9 Å². The Morgan fingerprint density at radius 3 is 2.91 bits per heavy atom. The summed E-state index contributed by atoms with van der Waals surface area (Å²) in [5.41, 5.74) is -1.12. The largest absolute Gasteiger partial charge is 0.508 e. The van der Waals surface area contributed by atoms with Crippen molar-refractivity contribution in [2.45, 2.75) is 62.3 Å². The minimum atomic E-state index is -1.93. The van der Waals surface area contributed by atoms with E-state index in [2.05, 4.69) is 25.1 Å². The van der Waals surface area contributed by atoms with Crippen LogP contribution in [0.2, 0.25) is 5.02 Å². The van der Waals surface area contributed by atoms with Crippen LogP contribution >= 0.6 is 11.6 Å². The van der Waals surface area contributed by atoms with Crippen LogP contribution in [0, 0.1) is 5.82 Å². The lowest BCUT2D eigenvalue weighted by atomic mass is 9.95. The maximum absolute atomic E-state index is 17.0. The number of hydrogen-bond acceptors (Lipinski definition) is 10. The molecule has 6 bridgehead atoms. The number of benzene rings is 1. The number of aromatic amines is 1. The number of nitrogens with one attached hydrogen (secondary N) is 1. The number of aromatic nitrogens is 5. The first-order valence-corrected chi connectivity index (χ1v) is 16.4. The van der Waals surface area contributed by atoms with Gasteiger partial charge in [-0.15, -0.1) is 0 Å². The van der Waals surface area contributed by atoms with E-state index in [0.29, 0.717) is 54.4 Å². The molecule has 5 aliphatic rings. The second kappa shape index (κ2) is 11.7. The second-order valence-electron chi connectivity index (χ2n) is 13.1. The van der Waals surface area contributed by atoms with E-state index in [4.69, 9.17) is 30.8 Å². The van der Waals surface area contributed by atoms with Gasteiger partial charge in [0, 0.05) is 48.1 Å². The van der Waals surface area contributed by atoms with E-state index in [-0.39, 0.29) is 66.0 Å². The minimum Gasteiger partial charge on any atom is -0.461 e. The molecule has 248 valence electrons. The average molecular weight is 672 g/mol. The molecule has 9 rings (SSSR count). The Kier molecular flexibility index (Phi) is 7.54. The minimum absolute atomic E-state index is 0.0426. The lowest BCUT2D eigenvalue weighted by molar-refractivity contribution is 0.00614. The summed E-state index contributed by atoms with van der Waals surface area (Å²) >= 11 is 6.70. The third-order valence-electron chi connectivity index (χ3n) is 10.0. The Balaban J connectivity index is 1.31. The molecule has 11 nitrogen and oxygen atoms in total. The van der Waals surface area contributed by atoms with Gasteiger partial charge in [-0.1, -0.05) is 11.6 Å². The van der Waals surface area contributed by atoms with Gasteiger partial charge in [0.05, 0.1) is 35.8 Å². The molecule has 3 aromatic heterocycles. The van der Waals surface area contributed by atoms with Crippen LogP contribution < -0.4 is 9.64 Å². The Labute approximate surface area is 272 Å². The number of anilines is 1. The van der Waals surface area contributed by atoms with Gasteiger partial charge in [0.2, 0.25) is 0 Å². The number of H-pyrrole nitrogens is 1. The van der Waals surface area contributed by atoms with E-state index in [1.54, 1.807) is 17.2 Å². The Morgan fingerprint density at radius 1 is 1.13 bits per heavy atom. The van der Waals surface area contributed by atoms with E-state index in [1.807, 2.05) is 0 Å². The van der Waals surface area contributed by atoms with Gasteiger partial charge in [-0.25, -0.2) is 18.0 Å². The fourth-order valence-electron chi connectivity index (χ4n) is 7.77. The fourth-order valence-corrected chi connectivity index (χ4v) is 8.07. The molecule has 3 atom stereocenters. The van der Waals surface area contributed by atoms with Crippen molar-refractivity contribution in [1.82, 2.24) is 30.0 Å². The molecule has 0 aliphatic carbocycles. The van der Waals surface area contributed by atoms with Crippen LogP contribution in [-0.2, 0) is 15.9 Å². The summed E-state index contributed by atoms with van der Waals surface area (Å²) in [7, 11) is 0. The number of rotatable bonds is 3. The van der Waals surface area contributed by atoms with Crippen molar-refractivity contribution < 1.29 is 32.2 Å². The van der Waals surface area contributed by atoms with Crippen molar-refractivity contribution in [3.63, 3.8) is 0 Å². The highest BCUT2D eigenvalue weighted by molar-refractivity contribution is 6.33. The van der Waals surface area contributed by atoms with Gasteiger partial charge in [-0.3, -0.25) is 15.0 Å². The van der Waals surface area contributed by atoms with Crippen molar-refractivity contribution in [2.24, 2.45) is 0 Å². The average Bonchev–Trinajstić information content (AvgIpc) is 3.70. The normalized spacial score (nSPS) is 26.8. The van der Waals surface area contributed by atoms with Crippen molar-refractivity contribution in [3.8, 4) is 17.3 Å². The molecule has 15 heteroatoms. The van der Waals surface area contributed by atoms with Gasteiger partial charge < -0.3 is 19.1 Å². The maximum Gasteiger partial charge on any atom is 0.508 e. The molecule has 8 heterocycles. The lowest BCUT2D eigenvalue weighted by Crippen LogP contribution is -2.44. The van der Waals surface area contributed by atoms with E-state index < -0.39 is 36.0 Å². The molecule has 5 aliphatic heterocycles. The second-order valence-corrected chi connectivity index (χ2v) is 13.5. The Bertz CT molecular complexity index is 1880. The SMILES string of the molecule is O=C1OCCc2c(Cl)cc3[nH]ncc3c2-c2ncc3c(nc(OC[C@@]45CCCN4C[C@H](F)C5)nc3c2F)N2CCCC[C@](F)(CO1)C2. The van der Waals surface area contributed by atoms with Gasteiger partial charge >= 0.3 is 12.2 Å². The first kappa shape index (κ1) is 30.4. The van der Waals surface area contributed by atoms with Gasteiger partial charge in [-0.05, 0) is 50.3 Å². The number of halogens is 4. The zero-order valence-corrected chi connectivity index (χ0v) is 26.3. The van der Waals surface area contributed by atoms with Crippen LogP contribution in [0.15, 0.2) is 18.5 Å². The van der Waals surface area contributed by atoms with E-state index >= 15 is 8.78 Å². The molecule has 0 radical (unpaired) electrons. The molecular weight excluding hydrogens is 639 g/mol. The molecule has 0 spiro atoms. The monoisotopic (exact) mass is 671 g/mol. The van der Waals surface area contributed by atoms with Gasteiger partial charge in [0.25, 0.3) is 0 Å². The van der Waals surface area contributed by atoms with E-state index in [9.17, 15) is 9.18 Å². The molecule has 4 aromatic rings. The highest BCUT2D eigenvalue weighted by Gasteiger charge is 2.49. The standard InChI is InChI=1S/C32H33ClF3N7O4/c33-22-10-23-20(13-38-41-23)24-19(22)4-9-45-30(44)47-16-31(36)5-1-2-7-42(15-31)28-21-12-37-27(24)25(35)26(21)39-29(40-28)46-17-32-6-3-8-43(32)14-18(34)11-32/h10,12-13,18H,1-9,11,14-17H2,(H,38,41)/t18-,31-,32+/m1/s1. The highest BCUT2D eigenvalue weighted by atomic mass is 35.5. The highest BCUT2D eigenvalue weighted by Crippen LogP contribution is 2.42. The predicted octanol–water partition coefficient (Wildman–Crippen LogP) is 5.72. The fraction of sp³-hybridized carbons (Fsp3) is 0.531. The lowest BCUT2D eigenvalue weighted by Gasteiger charge is -2.32. The molecule has 3 fully saturated rings. The summed E-state index contributed by atoms with van der Waals surface area (Å²) in [5, 5.41) is 8.11. The molecular formula is C32H33ClF3N7O4. The van der Waals surface area contributed by atoms with Gasteiger partial charge in [-0.2, -0.15) is 15.1 Å². The summed E-state index contributed by atoms with van der Waals surface area (Å²) < 4.78 is 64.7. The predicted molar refractivity (Wildman–Crippen MR) is 167 cm³/mol. The number of nitrogens with zero attached hydrogens (tertiary/aromatic N) is 6. The Morgan fingerprint density at radius 2 is 2.02 bits per heavy atom. The van der Waals surface area contributed by atoms with E-state index in [1.165, 1.54) is 6.20 Å². The molecule has 47 heavy (non-hydrogen) atoms. The van der Waals surface area contributed by atoms with Crippen LogP contribution in [0.5, 0.6) is 6.01 Å². The first-order chi connectivity index (χ1) is 22.7. The van der Waals surface area contributed by atoms with Crippen LogP contribution in [0.4, 0.5) is 23.8 Å². The smallest absolute Gasteiger partial charge is 0.461 e. The number of hydrogen-bond donors (Lipinski definition) is 1. The molecule has 3 saturated heterocycles. The zero-order valence-electron chi connectivity index (χ0n) is 25.5. The summed E-state index contributed by atoms with van der Waals surface area (Å²) in [6.07, 6.45) is 4.50. The Hall–Kier alpha value is -3.91. The molecule has 0 unspecified atom stereocenters. The quantitative estimate of drug-likeness (QED) is 0.271. The summed E-state index contributed by atoms with van der Waals surface area (Å²) in [4.78, 5) is 30.2. The van der Waals surface area contributed by atoms with E-state index in [0.717, 1.165) is 19.4 Å². The summed E-state index contributed by atoms with van der Waals surface area (Å²) in [5.74, 6) is -0.502. The van der Waals surface area contributed by atoms with Crippen molar-refractivity contribution in [2.75, 3.05) is 50.9 Å². The van der Waals surface area contributed by atoms with Crippen molar-refractivity contribution >= 4 is 45.4 Å². The number of ether oxygens (including phenoxy) is 3. The molecule has 0 saturated carbocycles. The van der Waals surface area contributed by atoms with Crippen LogP contribution in [0.1, 0.15) is 44.1 Å². The summed E-state index contributed by atoms with van der Waals surface area (Å²) in [6.45, 7) is 0.812. The van der Waals surface area contributed by atoms with Crippen LogP contribution in [-0.4, -0.2) is 99.6 Å². The van der Waals surface area contributed by atoms with Crippen LogP contribution in [0.25, 0.3) is 33.1 Å². The molecule has 1 aromatic carbocycles. The maximum atomic E-state index is 17.0.